The highest BCUT2D eigenvalue weighted by Crippen LogP contribution is 2.29. The van der Waals surface area contributed by atoms with E-state index in [4.69, 9.17) is 4.74 Å². The fourth-order valence-corrected chi connectivity index (χ4v) is 1.29. The van der Waals surface area contributed by atoms with Gasteiger partial charge in [-0.1, -0.05) is 11.8 Å². The van der Waals surface area contributed by atoms with Crippen LogP contribution in [0.4, 0.5) is 5.69 Å². The van der Waals surface area contributed by atoms with Crippen LogP contribution in [0.2, 0.25) is 0 Å². The third-order valence-corrected chi connectivity index (χ3v) is 2.14. The van der Waals surface area contributed by atoms with Gasteiger partial charge in [-0.15, -0.1) is 0 Å². The summed E-state index contributed by atoms with van der Waals surface area (Å²) < 4.78 is 4.85. The number of rotatable bonds is 3. The van der Waals surface area contributed by atoms with Gasteiger partial charge in [-0.2, -0.15) is 0 Å². The van der Waals surface area contributed by atoms with E-state index in [2.05, 4.69) is 22.1 Å². The van der Waals surface area contributed by atoms with Gasteiger partial charge in [-0.3, -0.25) is 10.1 Å². The van der Waals surface area contributed by atoms with Crippen molar-refractivity contribution in [1.29, 1.82) is 0 Å². The average molecular weight is 235 g/mol. The fraction of sp³-hybridized carbons (Fsp3) is 0.364. The first kappa shape index (κ1) is 12.9. The molecule has 0 saturated carbocycles. The van der Waals surface area contributed by atoms with E-state index in [9.17, 15) is 10.1 Å². The standard InChI is InChI=1S/C11H13N3O3/c1-8-9(5-4-6-12-2)7-13-11(17-3)10(8)14(15)16/h7,12H,6H2,1-3H3. The van der Waals surface area contributed by atoms with Crippen LogP contribution in [-0.4, -0.2) is 30.6 Å². The quantitative estimate of drug-likeness (QED) is 0.478. The highest BCUT2D eigenvalue weighted by atomic mass is 16.6. The van der Waals surface area contributed by atoms with E-state index in [-0.39, 0.29) is 11.6 Å². The fourth-order valence-electron chi connectivity index (χ4n) is 1.29. The van der Waals surface area contributed by atoms with Crippen LogP contribution >= 0.6 is 0 Å². The van der Waals surface area contributed by atoms with E-state index < -0.39 is 4.92 Å². The first-order valence-corrected chi connectivity index (χ1v) is 4.93. The molecule has 0 aliphatic carbocycles. The Bertz CT molecular complexity index is 489. The van der Waals surface area contributed by atoms with Crippen molar-refractivity contribution in [3.05, 3.63) is 27.4 Å². The molecule has 0 aromatic carbocycles. The van der Waals surface area contributed by atoms with Crippen molar-refractivity contribution in [1.82, 2.24) is 10.3 Å². The maximum atomic E-state index is 10.9. The van der Waals surface area contributed by atoms with Gasteiger partial charge in [-0.25, -0.2) is 4.98 Å². The van der Waals surface area contributed by atoms with E-state index in [1.165, 1.54) is 13.3 Å². The number of ether oxygens (including phenoxy) is 1. The molecule has 1 heterocycles. The topological polar surface area (TPSA) is 77.3 Å². The monoisotopic (exact) mass is 235 g/mol. The molecule has 6 nitrogen and oxygen atoms in total. The van der Waals surface area contributed by atoms with Crippen molar-refractivity contribution in [2.75, 3.05) is 20.7 Å². The predicted octanol–water partition coefficient (Wildman–Crippen LogP) is 0.878. The molecule has 0 aliphatic rings. The van der Waals surface area contributed by atoms with E-state index in [0.29, 0.717) is 17.7 Å². The Labute approximate surface area is 99.2 Å². The molecule has 90 valence electrons. The van der Waals surface area contributed by atoms with Crippen LogP contribution in [-0.2, 0) is 0 Å². The number of hydrogen-bond acceptors (Lipinski definition) is 5. The summed E-state index contributed by atoms with van der Waals surface area (Å²) in [6.07, 6.45) is 1.48. The zero-order chi connectivity index (χ0) is 12.8. The summed E-state index contributed by atoms with van der Waals surface area (Å²) in [5.74, 6) is 5.66. The Morgan fingerprint density at radius 2 is 2.35 bits per heavy atom. The van der Waals surface area contributed by atoms with Crippen LogP contribution in [0.25, 0.3) is 0 Å². The molecule has 1 rings (SSSR count). The molecule has 0 saturated heterocycles. The molecule has 6 heteroatoms. The van der Waals surface area contributed by atoms with Gasteiger partial charge in [0.15, 0.2) is 0 Å². The van der Waals surface area contributed by atoms with Gasteiger partial charge in [0.25, 0.3) is 5.88 Å². The van der Waals surface area contributed by atoms with Crippen LogP contribution in [0.5, 0.6) is 5.88 Å². The van der Waals surface area contributed by atoms with E-state index in [1.807, 2.05) is 0 Å². The zero-order valence-electron chi connectivity index (χ0n) is 9.90. The summed E-state index contributed by atoms with van der Waals surface area (Å²) in [6.45, 7) is 2.14. The Morgan fingerprint density at radius 3 is 2.88 bits per heavy atom. The average Bonchev–Trinajstić information content (AvgIpc) is 2.30. The van der Waals surface area contributed by atoms with Crippen molar-refractivity contribution in [2.45, 2.75) is 6.92 Å². The van der Waals surface area contributed by atoms with E-state index in [0.717, 1.165) is 0 Å². The maximum absolute atomic E-state index is 10.9. The Balaban J connectivity index is 3.25. The number of nitrogens with zero attached hydrogens (tertiary/aromatic N) is 2. The van der Waals surface area contributed by atoms with Crippen LogP contribution in [0, 0.1) is 28.9 Å². The largest absolute Gasteiger partial charge is 0.476 e. The molecule has 0 fully saturated rings. The lowest BCUT2D eigenvalue weighted by atomic mass is 10.1. The molecule has 0 amide bonds. The SMILES string of the molecule is CNCC#Cc1cnc(OC)c([N+](=O)[O-])c1C. The first-order valence-electron chi connectivity index (χ1n) is 4.93. The number of pyridine rings is 1. The molecule has 0 unspecified atom stereocenters. The second-order valence-electron chi connectivity index (χ2n) is 3.24. The predicted molar refractivity (Wildman–Crippen MR) is 63.0 cm³/mol. The molecule has 1 aromatic heterocycles. The minimum Gasteiger partial charge on any atom is -0.476 e. The molecule has 0 atom stereocenters. The molecule has 1 aromatic rings. The third kappa shape index (κ3) is 2.92. The Kier molecular flexibility index (Phi) is 4.43. The second-order valence-corrected chi connectivity index (χ2v) is 3.24. The summed E-state index contributed by atoms with van der Waals surface area (Å²) >= 11 is 0. The molecule has 17 heavy (non-hydrogen) atoms. The smallest absolute Gasteiger partial charge is 0.335 e. The molecule has 0 spiro atoms. The molecule has 0 aliphatic heterocycles. The molecular weight excluding hydrogens is 222 g/mol. The highest BCUT2D eigenvalue weighted by Gasteiger charge is 2.21. The second kappa shape index (κ2) is 5.82. The molecule has 1 N–H and O–H groups in total. The van der Waals surface area contributed by atoms with Gasteiger partial charge in [0.05, 0.1) is 24.1 Å². The number of aromatic nitrogens is 1. The normalized spacial score (nSPS) is 9.35. The number of nitrogens with one attached hydrogen (secondary N) is 1. The Hall–Kier alpha value is -2.13. The summed E-state index contributed by atoms with van der Waals surface area (Å²) in [7, 11) is 3.12. The van der Waals surface area contributed by atoms with Crippen LogP contribution in [0.1, 0.15) is 11.1 Å². The highest BCUT2D eigenvalue weighted by molar-refractivity contribution is 5.55. The first-order chi connectivity index (χ1) is 8.11. The third-order valence-electron chi connectivity index (χ3n) is 2.14. The molecular formula is C11H13N3O3. The number of nitro groups is 1. The van der Waals surface area contributed by atoms with Crippen LogP contribution < -0.4 is 10.1 Å². The van der Waals surface area contributed by atoms with Crippen molar-refractivity contribution in [2.24, 2.45) is 0 Å². The minimum absolute atomic E-state index is 0.00617. The van der Waals surface area contributed by atoms with Gasteiger partial charge < -0.3 is 10.1 Å². The zero-order valence-corrected chi connectivity index (χ0v) is 9.90. The van der Waals surface area contributed by atoms with Gasteiger partial charge in [0.1, 0.15) is 0 Å². The van der Waals surface area contributed by atoms with Crippen molar-refractivity contribution in [3.8, 4) is 17.7 Å². The summed E-state index contributed by atoms with van der Waals surface area (Å²) in [6, 6.07) is 0. The van der Waals surface area contributed by atoms with Gasteiger partial charge in [0.2, 0.25) is 0 Å². The van der Waals surface area contributed by atoms with E-state index in [1.54, 1.807) is 14.0 Å². The lowest BCUT2D eigenvalue weighted by Gasteiger charge is -2.04. The van der Waals surface area contributed by atoms with Crippen molar-refractivity contribution < 1.29 is 9.66 Å². The molecule has 0 bridgehead atoms. The van der Waals surface area contributed by atoms with Crippen molar-refractivity contribution >= 4 is 5.69 Å². The molecule has 0 radical (unpaired) electrons. The van der Waals surface area contributed by atoms with E-state index >= 15 is 0 Å². The summed E-state index contributed by atoms with van der Waals surface area (Å²) in [5, 5.41) is 13.8. The van der Waals surface area contributed by atoms with Gasteiger partial charge in [0, 0.05) is 11.8 Å². The summed E-state index contributed by atoms with van der Waals surface area (Å²) in [4.78, 5) is 14.3. The van der Waals surface area contributed by atoms with Gasteiger partial charge >= 0.3 is 5.69 Å². The summed E-state index contributed by atoms with van der Waals surface area (Å²) in [5.41, 5.74) is 0.863. The van der Waals surface area contributed by atoms with Gasteiger partial charge in [-0.05, 0) is 14.0 Å². The minimum atomic E-state index is -0.510. The lowest BCUT2D eigenvalue weighted by molar-refractivity contribution is -0.386. The lowest BCUT2D eigenvalue weighted by Crippen LogP contribution is -2.05. The van der Waals surface area contributed by atoms with Crippen LogP contribution in [0.15, 0.2) is 6.20 Å². The van der Waals surface area contributed by atoms with Crippen LogP contribution in [0.3, 0.4) is 0 Å². The van der Waals surface area contributed by atoms with Crippen molar-refractivity contribution in [3.63, 3.8) is 0 Å². The maximum Gasteiger partial charge on any atom is 0.335 e. The number of methoxy groups -OCH3 is 1. The Morgan fingerprint density at radius 1 is 1.65 bits per heavy atom. The number of hydrogen-bond donors (Lipinski definition) is 1.